The van der Waals surface area contributed by atoms with Crippen LogP contribution in [0.4, 0.5) is 5.82 Å². The van der Waals surface area contributed by atoms with Crippen molar-refractivity contribution in [1.82, 2.24) is 24.6 Å². The van der Waals surface area contributed by atoms with Gasteiger partial charge in [-0.05, 0) is 43.5 Å². The zero-order valence-corrected chi connectivity index (χ0v) is 19.7. The lowest BCUT2D eigenvalue weighted by atomic mass is 10.1. The normalized spacial score (nSPS) is 15.0. The number of fused-ring (bicyclic) bond motifs is 1. The third-order valence-electron chi connectivity index (χ3n) is 5.92. The van der Waals surface area contributed by atoms with E-state index in [4.69, 9.17) is 16.7 Å². The predicted octanol–water partition coefficient (Wildman–Crippen LogP) is 4.20. The van der Waals surface area contributed by atoms with Crippen molar-refractivity contribution >= 4 is 40.1 Å². The van der Waals surface area contributed by atoms with Gasteiger partial charge in [0.05, 0.1) is 16.6 Å². The SMILES string of the molecule is CC#CC(=O)N1CC[C@@H](n2nc(-c3ccc(C(=O)Nc4ccccn4)cc3)c3cncc(Cl)c32)C1. The Morgan fingerprint density at radius 2 is 1.97 bits per heavy atom. The second-order valence-electron chi connectivity index (χ2n) is 8.13. The van der Waals surface area contributed by atoms with E-state index in [9.17, 15) is 9.59 Å². The number of likely N-dealkylation sites (tertiary alicyclic amines) is 1. The summed E-state index contributed by atoms with van der Waals surface area (Å²) in [5.74, 6) is 5.32. The molecule has 0 unspecified atom stereocenters. The smallest absolute Gasteiger partial charge is 0.298 e. The highest BCUT2D eigenvalue weighted by Crippen LogP contribution is 2.35. The van der Waals surface area contributed by atoms with Gasteiger partial charge in [-0.15, -0.1) is 0 Å². The molecule has 0 bridgehead atoms. The number of carbonyl (C=O) groups is 2. The molecule has 1 aliphatic heterocycles. The fourth-order valence-corrected chi connectivity index (χ4v) is 4.48. The van der Waals surface area contributed by atoms with Crippen molar-refractivity contribution in [1.29, 1.82) is 0 Å². The number of benzene rings is 1. The Kier molecular flexibility index (Phi) is 6.17. The number of hydrogen-bond donors (Lipinski definition) is 1. The topological polar surface area (TPSA) is 93.0 Å². The number of carbonyl (C=O) groups excluding carboxylic acids is 2. The quantitative estimate of drug-likeness (QED) is 0.438. The molecule has 35 heavy (non-hydrogen) atoms. The maximum atomic E-state index is 12.6. The highest BCUT2D eigenvalue weighted by atomic mass is 35.5. The first-order chi connectivity index (χ1) is 17.0. The third-order valence-corrected chi connectivity index (χ3v) is 6.20. The van der Waals surface area contributed by atoms with E-state index < -0.39 is 0 Å². The summed E-state index contributed by atoms with van der Waals surface area (Å²) in [5, 5.41) is 8.97. The van der Waals surface area contributed by atoms with Crippen LogP contribution >= 0.6 is 11.6 Å². The van der Waals surface area contributed by atoms with Gasteiger partial charge >= 0.3 is 0 Å². The first-order valence-electron chi connectivity index (χ1n) is 11.1. The van der Waals surface area contributed by atoms with Crippen LogP contribution in [-0.4, -0.2) is 49.6 Å². The van der Waals surface area contributed by atoms with Crippen LogP contribution < -0.4 is 5.32 Å². The van der Waals surface area contributed by atoms with Crippen molar-refractivity contribution in [2.45, 2.75) is 19.4 Å². The van der Waals surface area contributed by atoms with Gasteiger partial charge in [-0.25, -0.2) is 4.98 Å². The van der Waals surface area contributed by atoms with Crippen molar-refractivity contribution in [2.75, 3.05) is 18.4 Å². The van der Waals surface area contributed by atoms with E-state index in [1.165, 1.54) is 0 Å². The molecule has 2 amide bonds. The molecular formula is C26H21ClN6O2. The Labute approximate surface area is 206 Å². The minimum absolute atomic E-state index is 0.0304. The molecule has 0 saturated carbocycles. The summed E-state index contributed by atoms with van der Waals surface area (Å²) in [7, 11) is 0. The molecule has 3 aromatic heterocycles. The van der Waals surface area contributed by atoms with E-state index in [1.807, 2.05) is 22.9 Å². The number of aromatic nitrogens is 4. The Hall–Kier alpha value is -4.22. The maximum Gasteiger partial charge on any atom is 0.298 e. The number of pyridine rings is 2. The number of rotatable bonds is 4. The Morgan fingerprint density at radius 3 is 2.71 bits per heavy atom. The van der Waals surface area contributed by atoms with Gasteiger partial charge in [0, 0.05) is 48.2 Å². The summed E-state index contributed by atoms with van der Waals surface area (Å²) in [6, 6.07) is 12.5. The average molecular weight is 485 g/mol. The number of nitrogens with zero attached hydrogens (tertiary/aromatic N) is 5. The summed E-state index contributed by atoms with van der Waals surface area (Å²) in [4.78, 5) is 34.9. The molecular weight excluding hydrogens is 464 g/mol. The standard InChI is InChI=1S/C26H21ClN6O2/c1-2-5-23(34)32-13-11-19(16-32)33-25-20(14-28-15-21(25)27)24(31-33)17-7-9-18(10-8-17)26(35)30-22-6-3-4-12-29-22/h3-4,6-10,12,14-15,19H,11,13,16H2,1H3,(H,29,30,35)/t19-/m1/s1. The highest BCUT2D eigenvalue weighted by Gasteiger charge is 2.30. The monoisotopic (exact) mass is 484 g/mol. The minimum atomic E-state index is -0.249. The first kappa shape index (κ1) is 22.6. The largest absolute Gasteiger partial charge is 0.330 e. The van der Waals surface area contributed by atoms with Crippen LogP contribution in [0.5, 0.6) is 0 Å². The minimum Gasteiger partial charge on any atom is -0.330 e. The lowest BCUT2D eigenvalue weighted by Gasteiger charge is -2.14. The van der Waals surface area contributed by atoms with E-state index >= 15 is 0 Å². The number of halogens is 1. The van der Waals surface area contributed by atoms with Crippen molar-refractivity contribution < 1.29 is 9.59 Å². The fourth-order valence-electron chi connectivity index (χ4n) is 4.24. The van der Waals surface area contributed by atoms with Gasteiger partial charge in [0.1, 0.15) is 11.5 Å². The summed E-state index contributed by atoms with van der Waals surface area (Å²) < 4.78 is 1.89. The van der Waals surface area contributed by atoms with Crippen LogP contribution in [0.3, 0.4) is 0 Å². The van der Waals surface area contributed by atoms with E-state index in [-0.39, 0.29) is 17.9 Å². The molecule has 1 atom stereocenters. The molecule has 1 aliphatic rings. The molecule has 4 aromatic rings. The van der Waals surface area contributed by atoms with Gasteiger partial charge in [0.25, 0.3) is 11.8 Å². The molecule has 5 rings (SSSR count). The number of amides is 2. The van der Waals surface area contributed by atoms with Crippen molar-refractivity contribution in [2.24, 2.45) is 0 Å². The predicted molar refractivity (Wildman–Crippen MR) is 134 cm³/mol. The molecule has 1 saturated heterocycles. The van der Waals surface area contributed by atoms with Gasteiger partial charge in [0.15, 0.2) is 0 Å². The Bertz CT molecular complexity index is 1470. The summed E-state index contributed by atoms with van der Waals surface area (Å²) in [5.41, 5.74) is 2.82. The Balaban J connectivity index is 1.45. The Morgan fingerprint density at radius 1 is 1.14 bits per heavy atom. The van der Waals surface area contributed by atoms with Crippen LogP contribution in [0.15, 0.2) is 61.1 Å². The van der Waals surface area contributed by atoms with Crippen LogP contribution in [0.1, 0.15) is 29.7 Å². The van der Waals surface area contributed by atoms with Crippen molar-refractivity contribution in [3.05, 3.63) is 71.6 Å². The van der Waals surface area contributed by atoms with Crippen LogP contribution in [-0.2, 0) is 4.79 Å². The van der Waals surface area contributed by atoms with E-state index in [0.29, 0.717) is 35.2 Å². The van der Waals surface area contributed by atoms with Crippen LogP contribution in [0.25, 0.3) is 22.2 Å². The summed E-state index contributed by atoms with van der Waals surface area (Å²) in [6.45, 7) is 2.77. The zero-order chi connectivity index (χ0) is 24.4. The second-order valence-corrected chi connectivity index (χ2v) is 8.53. The second kappa shape index (κ2) is 9.57. The van der Waals surface area contributed by atoms with Crippen LogP contribution in [0, 0.1) is 11.8 Å². The van der Waals surface area contributed by atoms with Crippen molar-refractivity contribution in [3.63, 3.8) is 0 Å². The van der Waals surface area contributed by atoms with E-state index in [0.717, 1.165) is 22.9 Å². The highest BCUT2D eigenvalue weighted by molar-refractivity contribution is 6.35. The third kappa shape index (κ3) is 4.46. The molecule has 0 radical (unpaired) electrons. The molecule has 174 valence electrons. The zero-order valence-electron chi connectivity index (χ0n) is 18.9. The van der Waals surface area contributed by atoms with E-state index in [1.54, 1.807) is 54.7 Å². The first-order valence-corrected chi connectivity index (χ1v) is 11.5. The molecule has 8 nitrogen and oxygen atoms in total. The lowest BCUT2D eigenvalue weighted by molar-refractivity contribution is -0.124. The molecule has 1 N–H and O–H groups in total. The number of anilines is 1. The van der Waals surface area contributed by atoms with Gasteiger partial charge < -0.3 is 10.2 Å². The molecule has 4 heterocycles. The van der Waals surface area contributed by atoms with Crippen LogP contribution in [0.2, 0.25) is 5.02 Å². The molecule has 0 spiro atoms. The molecule has 9 heteroatoms. The maximum absolute atomic E-state index is 12.6. The average Bonchev–Trinajstić information content (AvgIpc) is 3.51. The number of nitrogens with one attached hydrogen (secondary N) is 1. The fraction of sp³-hybridized carbons (Fsp3) is 0.192. The van der Waals surface area contributed by atoms with Gasteiger partial charge in [-0.3, -0.25) is 19.3 Å². The molecule has 0 aliphatic carbocycles. The molecule has 1 aromatic carbocycles. The van der Waals surface area contributed by atoms with E-state index in [2.05, 4.69) is 27.1 Å². The van der Waals surface area contributed by atoms with Crippen molar-refractivity contribution in [3.8, 4) is 23.1 Å². The van der Waals surface area contributed by atoms with Gasteiger partial charge in [0.2, 0.25) is 0 Å². The lowest BCUT2D eigenvalue weighted by Crippen LogP contribution is -2.27. The summed E-state index contributed by atoms with van der Waals surface area (Å²) in [6.07, 6.45) is 5.70. The van der Waals surface area contributed by atoms with Gasteiger partial charge in [-0.2, -0.15) is 5.10 Å². The molecule has 1 fully saturated rings. The summed E-state index contributed by atoms with van der Waals surface area (Å²) >= 11 is 6.55. The van der Waals surface area contributed by atoms with Gasteiger partial charge in [-0.1, -0.05) is 35.7 Å². The number of hydrogen-bond acceptors (Lipinski definition) is 5.